The quantitative estimate of drug-likeness (QED) is 0.763. The van der Waals surface area contributed by atoms with Gasteiger partial charge in [0, 0.05) is 29.4 Å². The second kappa shape index (κ2) is 5.83. The van der Waals surface area contributed by atoms with Gasteiger partial charge in [-0.1, -0.05) is 30.3 Å². The highest BCUT2D eigenvalue weighted by atomic mass is 19.4. The predicted molar refractivity (Wildman–Crippen MR) is 99.6 cm³/mol. The van der Waals surface area contributed by atoms with Crippen LogP contribution in [0.1, 0.15) is 43.9 Å². The topological polar surface area (TPSA) is 54.0 Å². The van der Waals surface area contributed by atoms with Crippen molar-refractivity contribution in [1.82, 2.24) is 10.3 Å². The van der Waals surface area contributed by atoms with Gasteiger partial charge >= 0.3 is 6.18 Å². The molecular formula is C21H20F3N3O. The summed E-state index contributed by atoms with van der Waals surface area (Å²) in [6.07, 6.45) is -3.17. The van der Waals surface area contributed by atoms with Gasteiger partial charge in [-0.3, -0.25) is 4.79 Å². The van der Waals surface area contributed by atoms with E-state index in [0.29, 0.717) is 29.1 Å². The summed E-state index contributed by atoms with van der Waals surface area (Å²) in [6, 6.07) is 10.2. The molecule has 2 N–H and O–H groups in total. The Morgan fingerprint density at radius 2 is 1.79 bits per heavy atom. The van der Waals surface area contributed by atoms with Gasteiger partial charge in [-0.15, -0.1) is 0 Å². The molecule has 7 heteroatoms. The molecule has 0 radical (unpaired) electrons. The number of hydrogen-bond donors (Lipinski definition) is 2. The van der Waals surface area contributed by atoms with Crippen LogP contribution in [0, 0.1) is 0 Å². The Morgan fingerprint density at radius 1 is 1.11 bits per heavy atom. The van der Waals surface area contributed by atoms with Crippen LogP contribution in [0.3, 0.4) is 0 Å². The molecular weight excluding hydrogens is 367 g/mol. The highest BCUT2D eigenvalue weighted by Gasteiger charge is 2.48. The summed E-state index contributed by atoms with van der Waals surface area (Å²) in [5.41, 5.74) is -0.165. The number of amides is 1. The lowest BCUT2D eigenvalue weighted by Crippen LogP contribution is -2.54. The lowest BCUT2D eigenvalue weighted by atomic mass is 9.66. The lowest BCUT2D eigenvalue weighted by Gasteiger charge is -2.45. The first-order chi connectivity index (χ1) is 13.0. The molecule has 0 saturated carbocycles. The number of anilines is 1. The van der Waals surface area contributed by atoms with E-state index in [1.165, 1.54) is 0 Å². The smallest absolute Gasteiger partial charge is 0.347 e. The number of halogens is 3. The van der Waals surface area contributed by atoms with Gasteiger partial charge in [0.05, 0.1) is 16.6 Å². The Kier molecular flexibility index (Phi) is 3.86. The first-order valence-electron chi connectivity index (χ1n) is 8.99. The number of aromatic nitrogens is 1. The number of pyridine rings is 1. The molecule has 146 valence electrons. The van der Waals surface area contributed by atoms with Crippen molar-refractivity contribution in [2.75, 3.05) is 5.32 Å². The van der Waals surface area contributed by atoms with E-state index in [1.54, 1.807) is 6.92 Å². The average molecular weight is 387 g/mol. The van der Waals surface area contributed by atoms with Crippen LogP contribution in [0.2, 0.25) is 0 Å². The first kappa shape index (κ1) is 18.5. The summed E-state index contributed by atoms with van der Waals surface area (Å²) in [6.45, 7) is 5.61. The molecule has 2 aromatic rings. The minimum absolute atomic E-state index is 0.284. The molecule has 0 spiro atoms. The number of alkyl halides is 3. The number of carbonyl (C=O) groups is 1. The van der Waals surface area contributed by atoms with Crippen LogP contribution >= 0.6 is 0 Å². The van der Waals surface area contributed by atoms with Crippen molar-refractivity contribution in [3.63, 3.8) is 0 Å². The second-order valence-corrected chi connectivity index (χ2v) is 8.10. The summed E-state index contributed by atoms with van der Waals surface area (Å²) in [4.78, 5) is 17.1. The fraction of sp³-hybridized carbons (Fsp3) is 0.333. The zero-order chi connectivity index (χ0) is 20.3. The summed E-state index contributed by atoms with van der Waals surface area (Å²) in [5, 5.41) is 6.10. The van der Waals surface area contributed by atoms with Crippen LogP contribution in [0.25, 0.3) is 0 Å². The van der Waals surface area contributed by atoms with Crippen molar-refractivity contribution in [3.05, 3.63) is 70.6 Å². The second-order valence-electron chi connectivity index (χ2n) is 8.10. The largest absolute Gasteiger partial charge is 0.417 e. The Morgan fingerprint density at radius 3 is 2.43 bits per heavy atom. The average Bonchev–Trinajstić information content (AvgIpc) is 2.60. The van der Waals surface area contributed by atoms with Gasteiger partial charge in [-0.05, 0) is 32.4 Å². The normalized spacial score (nSPS) is 23.4. The molecule has 0 bridgehead atoms. The van der Waals surface area contributed by atoms with Gasteiger partial charge in [0.15, 0.2) is 0 Å². The Hall–Kier alpha value is -2.83. The van der Waals surface area contributed by atoms with Gasteiger partial charge < -0.3 is 10.6 Å². The van der Waals surface area contributed by atoms with Crippen molar-refractivity contribution in [3.8, 4) is 0 Å². The van der Waals surface area contributed by atoms with Crippen LogP contribution in [-0.2, 0) is 16.4 Å². The lowest BCUT2D eigenvalue weighted by molar-refractivity contribution is -0.137. The molecule has 28 heavy (non-hydrogen) atoms. The van der Waals surface area contributed by atoms with E-state index in [9.17, 15) is 18.0 Å². The van der Waals surface area contributed by atoms with Crippen LogP contribution in [-0.4, -0.2) is 16.4 Å². The monoisotopic (exact) mass is 387 g/mol. The number of fused-ring (bicyclic) bond motifs is 1. The summed E-state index contributed by atoms with van der Waals surface area (Å²) >= 11 is 0. The fourth-order valence-electron chi connectivity index (χ4n) is 4.17. The maximum Gasteiger partial charge on any atom is 0.417 e. The summed E-state index contributed by atoms with van der Waals surface area (Å²) < 4.78 is 40.1. The van der Waals surface area contributed by atoms with E-state index in [0.717, 1.165) is 17.8 Å². The molecule has 0 saturated heterocycles. The van der Waals surface area contributed by atoms with Crippen LogP contribution in [0.5, 0.6) is 0 Å². The number of carbonyl (C=O) groups excluding carboxylic acids is 1. The number of rotatable bonds is 1. The minimum Gasteiger partial charge on any atom is -0.347 e. The molecule has 3 heterocycles. The van der Waals surface area contributed by atoms with Crippen LogP contribution in [0.4, 0.5) is 19.0 Å². The third kappa shape index (κ3) is 2.77. The zero-order valence-corrected chi connectivity index (χ0v) is 15.7. The number of hydrogen-bond acceptors (Lipinski definition) is 3. The predicted octanol–water partition coefficient (Wildman–Crippen LogP) is 4.38. The molecule has 0 aliphatic carbocycles. The molecule has 1 atom stereocenters. The molecule has 1 aromatic heterocycles. The van der Waals surface area contributed by atoms with E-state index in [-0.39, 0.29) is 5.91 Å². The van der Waals surface area contributed by atoms with Gasteiger partial charge in [0.25, 0.3) is 5.91 Å². The van der Waals surface area contributed by atoms with E-state index in [2.05, 4.69) is 15.6 Å². The number of nitrogens with zero attached hydrogens (tertiary/aromatic N) is 1. The van der Waals surface area contributed by atoms with E-state index < -0.39 is 22.7 Å². The minimum atomic E-state index is -4.52. The number of benzene rings is 1. The van der Waals surface area contributed by atoms with Gasteiger partial charge in [0.1, 0.15) is 5.82 Å². The fourth-order valence-corrected chi connectivity index (χ4v) is 4.17. The Labute approximate surface area is 160 Å². The van der Waals surface area contributed by atoms with Crippen molar-refractivity contribution >= 4 is 11.7 Å². The molecule has 0 unspecified atom stereocenters. The molecule has 1 aromatic carbocycles. The SMILES string of the molecule is CC1(C)CC2=C(C(=O)N1)[C@@](C)(c1ccccc1)c1cc(C(F)(F)F)cnc1N2. The molecule has 4 nitrogen and oxygen atoms in total. The van der Waals surface area contributed by atoms with Crippen molar-refractivity contribution in [2.45, 2.75) is 44.3 Å². The highest BCUT2D eigenvalue weighted by molar-refractivity contribution is 6.01. The van der Waals surface area contributed by atoms with Gasteiger partial charge in [-0.2, -0.15) is 13.2 Å². The third-order valence-corrected chi connectivity index (χ3v) is 5.47. The molecule has 2 aliphatic heterocycles. The molecule has 2 aliphatic rings. The van der Waals surface area contributed by atoms with E-state index in [4.69, 9.17) is 0 Å². The Balaban J connectivity index is 2.01. The molecule has 0 fully saturated rings. The molecule has 4 rings (SSSR count). The van der Waals surface area contributed by atoms with Crippen LogP contribution < -0.4 is 10.6 Å². The third-order valence-electron chi connectivity index (χ3n) is 5.47. The van der Waals surface area contributed by atoms with Crippen LogP contribution in [0.15, 0.2) is 53.9 Å². The highest BCUT2D eigenvalue weighted by Crippen LogP contribution is 2.49. The van der Waals surface area contributed by atoms with E-state index >= 15 is 0 Å². The Bertz CT molecular complexity index is 996. The maximum absolute atomic E-state index is 13.4. The molecule has 1 amide bonds. The standard InChI is InChI=1S/C21H20F3N3O/c1-19(2)10-15-16(18(28)27-19)20(3,12-7-5-4-6-8-12)14-9-13(21(22,23)24)11-25-17(14)26-15/h4-9,11H,10H2,1-3H3,(H,25,26)(H,27,28)/t20-/m0/s1. The number of nitrogens with one attached hydrogen (secondary N) is 2. The summed E-state index contributed by atoms with van der Waals surface area (Å²) in [7, 11) is 0. The summed E-state index contributed by atoms with van der Waals surface area (Å²) in [5.74, 6) is 0.0665. The maximum atomic E-state index is 13.4. The van der Waals surface area contributed by atoms with Gasteiger partial charge in [-0.25, -0.2) is 4.98 Å². The van der Waals surface area contributed by atoms with E-state index in [1.807, 2.05) is 44.2 Å². The van der Waals surface area contributed by atoms with Crippen molar-refractivity contribution in [1.29, 1.82) is 0 Å². The van der Waals surface area contributed by atoms with Gasteiger partial charge in [0.2, 0.25) is 0 Å². The zero-order valence-electron chi connectivity index (χ0n) is 15.7. The first-order valence-corrected chi connectivity index (χ1v) is 8.99. The van der Waals surface area contributed by atoms with Crippen molar-refractivity contribution in [2.24, 2.45) is 0 Å². The van der Waals surface area contributed by atoms with Crippen molar-refractivity contribution < 1.29 is 18.0 Å².